The maximum Gasteiger partial charge on any atom is 0.145 e. The lowest BCUT2D eigenvalue weighted by molar-refractivity contribution is -0.105. The molecule has 0 atom stereocenters. The standard InChI is InChI=1S/C9H16O/c1-3-5-6-7-9(4-2)8-10/h4,8H,3,5-7H2,1-2H3/b9-4-. The van der Waals surface area contributed by atoms with Crippen molar-refractivity contribution in [2.45, 2.75) is 39.5 Å². The maximum absolute atomic E-state index is 10.3. The van der Waals surface area contributed by atoms with Gasteiger partial charge in [0.1, 0.15) is 6.29 Å². The molecule has 0 aliphatic rings. The normalized spacial score (nSPS) is 11.6. The largest absolute Gasteiger partial charge is 0.298 e. The maximum atomic E-state index is 10.3. The third-order valence-corrected chi connectivity index (χ3v) is 1.59. The van der Waals surface area contributed by atoms with Crippen molar-refractivity contribution in [3.8, 4) is 0 Å². The van der Waals surface area contributed by atoms with Gasteiger partial charge in [0.15, 0.2) is 0 Å². The summed E-state index contributed by atoms with van der Waals surface area (Å²) in [6.45, 7) is 4.08. The molecule has 1 heteroatoms. The molecule has 0 aromatic carbocycles. The van der Waals surface area contributed by atoms with Crippen LogP contribution >= 0.6 is 0 Å². The van der Waals surface area contributed by atoms with Gasteiger partial charge >= 0.3 is 0 Å². The second-order valence-electron chi connectivity index (χ2n) is 2.44. The zero-order chi connectivity index (χ0) is 7.82. The molecule has 0 aromatic heterocycles. The van der Waals surface area contributed by atoms with Crippen LogP contribution in [-0.2, 0) is 4.79 Å². The van der Waals surface area contributed by atoms with Crippen LogP contribution < -0.4 is 0 Å². The molecule has 10 heavy (non-hydrogen) atoms. The molecule has 0 heterocycles. The summed E-state index contributed by atoms with van der Waals surface area (Å²) in [5, 5.41) is 0. The minimum absolute atomic E-state index is 0.938. The first kappa shape index (κ1) is 9.41. The highest BCUT2D eigenvalue weighted by atomic mass is 16.1. The van der Waals surface area contributed by atoms with Gasteiger partial charge in [-0.25, -0.2) is 0 Å². The van der Waals surface area contributed by atoms with Crippen LogP contribution in [0, 0.1) is 0 Å². The molecule has 58 valence electrons. The van der Waals surface area contributed by atoms with Crippen LogP contribution in [0.25, 0.3) is 0 Å². The SMILES string of the molecule is C/C=C(\C=O)CCCCC. The first-order chi connectivity index (χ1) is 4.85. The molecule has 0 saturated carbocycles. The van der Waals surface area contributed by atoms with Gasteiger partial charge in [0.25, 0.3) is 0 Å². The molecule has 0 saturated heterocycles. The van der Waals surface area contributed by atoms with Crippen LogP contribution in [0.5, 0.6) is 0 Å². The van der Waals surface area contributed by atoms with Gasteiger partial charge in [-0.1, -0.05) is 25.8 Å². The predicted molar refractivity (Wildman–Crippen MR) is 44.0 cm³/mol. The van der Waals surface area contributed by atoms with Crippen LogP contribution in [0.15, 0.2) is 11.6 Å². The molecule has 0 bridgehead atoms. The van der Waals surface area contributed by atoms with Crippen molar-refractivity contribution in [1.29, 1.82) is 0 Å². The number of carbonyl (C=O) groups excluding carboxylic acids is 1. The van der Waals surface area contributed by atoms with Gasteiger partial charge < -0.3 is 0 Å². The highest BCUT2D eigenvalue weighted by Gasteiger charge is 1.91. The second kappa shape index (κ2) is 6.53. The van der Waals surface area contributed by atoms with E-state index in [1.165, 1.54) is 12.8 Å². The summed E-state index contributed by atoms with van der Waals surface area (Å²) in [5.74, 6) is 0. The summed E-state index contributed by atoms with van der Waals surface area (Å²) in [6, 6.07) is 0. The van der Waals surface area contributed by atoms with Crippen LogP contribution in [0.3, 0.4) is 0 Å². The quantitative estimate of drug-likeness (QED) is 0.326. The Balaban J connectivity index is 3.36. The fraction of sp³-hybridized carbons (Fsp3) is 0.667. The molecular formula is C9H16O. The fourth-order valence-electron chi connectivity index (χ4n) is 0.850. The van der Waals surface area contributed by atoms with E-state index >= 15 is 0 Å². The van der Waals surface area contributed by atoms with E-state index in [4.69, 9.17) is 0 Å². The van der Waals surface area contributed by atoms with Crippen LogP contribution in [0.2, 0.25) is 0 Å². The van der Waals surface area contributed by atoms with Gasteiger partial charge in [0, 0.05) is 0 Å². The molecule has 0 aliphatic heterocycles. The van der Waals surface area contributed by atoms with E-state index in [1.54, 1.807) is 0 Å². The Kier molecular flexibility index (Phi) is 6.14. The van der Waals surface area contributed by atoms with Crippen LogP contribution in [0.1, 0.15) is 39.5 Å². The molecule has 0 amide bonds. The molecular weight excluding hydrogens is 124 g/mol. The van der Waals surface area contributed by atoms with E-state index in [-0.39, 0.29) is 0 Å². The predicted octanol–water partition coefficient (Wildman–Crippen LogP) is 2.71. The Morgan fingerprint density at radius 3 is 2.50 bits per heavy atom. The van der Waals surface area contributed by atoms with Crippen LogP contribution in [-0.4, -0.2) is 6.29 Å². The van der Waals surface area contributed by atoms with Crippen molar-refractivity contribution in [3.05, 3.63) is 11.6 Å². The zero-order valence-electron chi connectivity index (χ0n) is 6.89. The van der Waals surface area contributed by atoms with E-state index in [9.17, 15) is 4.79 Å². The number of hydrogen-bond donors (Lipinski definition) is 0. The lowest BCUT2D eigenvalue weighted by Crippen LogP contribution is -1.84. The topological polar surface area (TPSA) is 17.1 Å². The van der Waals surface area contributed by atoms with Crippen molar-refractivity contribution in [1.82, 2.24) is 0 Å². The average molecular weight is 140 g/mol. The molecule has 0 radical (unpaired) electrons. The third-order valence-electron chi connectivity index (χ3n) is 1.59. The first-order valence-electron chi connectivity index (χ1n) is 3.95. The summed E-state index contributed by atoms with van der Waals surface area (Å²) in [7, 11) is 0. The van der Waals surface area contributed by atoms with E-state index in [2.05, 4.69) is 6.92 Å². The smallest absolute Gasteiger partial charge is 0.145 e. The number of rotatable bonds is 5. The fourth-order valence-corrected chi connectivity index (χ4v) is 0.850. The number of allylic oxidation sites excluding steroid dienone is 2. The van der Waals surface area contributed by atoms with Crippen molar-refractivity contribution in [2.24, 2.45) is 0 Å². The van der Waals surface area contributed by atoms with Gasteiger partial charge in [-0.2, -0.15) is 0 Å². The highest BCUT2D eigenvalue weighted by Crippen LogP contribution is 2.05. The third kappa shape index (κ3) is 4.30. The van der Waals surface area contributed by atoms with Crippen molar-refractivity contribution >= 4 is 6.29 Å². The first-order valence-corrected chi connectivity index (χ1v) is 3.95. The molecule has 0 aliphatic carbocycles. The van der Waals surface area contributed by atoms with Gasteiger partial charge in [-0.3, -0.25) is 4.79 Å². The second-order valence-corrected chi connectivity index (χ2v) is 2.44. The van der Waals surface area contributed by atoms with Crippen LogP contribution in [0.4, 0.5) is 0 Å². The number of carbonyl (C=O) groups is 1. The molecule has 0 spiro atoms. The molecule has 0 N–H and O–H groups in total. The minimum atomic E-state index is 0.938. The van der Waals surface area contributed by atoms with Gasteiger partial charge in [-0.05, 0) is 25.3 Å². The molecule has 1 nitrogen and oxygen atoms in total. The van der Waals surface area contributed by atoms with E-state index in [1.807, 2.05) is 13.0 Å². The number of unbranched alkanes of at least 4 members (excludes halogenated alkanes) is 2. The molecule has 0 rings (SSSR count). The lowest BCUT2D eigenvalue weighted by Gasteiger charge is -1.95. The molecule has 0 unspecified atom stereocenters. The molecule has 0 fully saturated rings. The van der Waals surface area contributed by atoms with Crippen molar-refractivity contribution < 1.29 is 4.79 Å². The number of hydrogen-bond acceptors (Lipinski definition) is 1. The van der Waals surface area contributed by atoms with Gasteiger partial charge in [0.2, 0.25) is 0 Å². The minimum Gasteiger partial charge on any atom is -0.298 e. The van der Waals surface area contributed by atoms with Gasteiger partial charge in [-0.15, -0.1) is 0 Å². The highest BCUT2D eigenvalue weighted by molar-refractivity contribution is 5.72. The number of aldehydes is 1. The average Bonchev–Trinajstić information content (AvgIpc) is 1.99. The Labute approximate surface area is 63.1 Å². The zero-order valence-corrected chi connectivity index (χ0v) is 6.89. The summed E-state index contributed by atoms with van der Waals surface area (Å²) < 4.78 is 0. The Hall–Kier alpha value is -0.590. The monoisotopic (exact) mass is 140 g/mol. The van der Waals surface area contributed by atoms with E-state index < -0.39 is 0 Å². The van der Waals surface area contributed by atoms with Crippen molar-refractivity contribution in [3.63, 3.8) is 0 Å². The van der Waals surface area contributed by atoms with Gasteiger partial charge in [0.05, 0.1) is 0 Å². The Morgan fingerprint density at radius 2 is 2.10 bits per heavy atom. The lowest BCUT2D eigenvalue weighted by atomic mass is 10.1. The summed E-state index contributed by atoms with van der Waals surface area (Å²) >= 11 is 0. The Bertz CT molecular complexity index is 114. The van der Waals surface area contributed by atoms with E-state index in [0.717, 1.165) is 24.7 Å². The summed E-state index contributed by atoms with van der Waals surface area (Å²) in [6.07, 6.45) is 7.39. The van der Waals surface area contributed by atoms with E-state index in [0.29, 0.717) is 0 Å². The molecule has 0 aromatic rings. The van der Waals surface area contributed by atoms with Crippen molar-refractivity contribution in [2.75, 3.05) is 0 Å². The summed E-state index contributed by atoms with van der Waals surface area (Å²) in [5.41, 5.74) is 0.938. The Morgan fingerprint density at radius 1 is 1.40 bits per heavy atom. The summed E-state index contributed by atoms with van der Waals surface area (Å²) in [4.78, 5) is 10.3.